The Morgan fingerprint density at radius 2 is 1.31 bits per heavy atom. The number of benzene rings is 7. The predicted octanol–water partition coefficient (Wildman–Crippen LogP) is 13.5. The number of nitrogens with zero attached hydrogens (tertiary/aromatic N) is 3. The van der Waals surface area contributed by atoms with Gasteiger partial charge in [-0.1, -0.05) is 131 Å². The number of aryl methyl sites for hydroxylation is 4. The monoisotopic (exact) mass is 940 g/mol. The molecule has 1 N–H and O–H groups in total. The van der Waals surface area contributed by atoms with Crippen LogP contribution in [0.5, 0.6) is 5.75 Å². The number of para-hydroxylation sites is 1. The number of fused-ring (bicyclic) bond motifs is 1. The van der Waals surface area contributed by atoms with Gasteiger partial charge in [0.1, 0.15) is 11.6 Å². The first-order chi connectivity index (χ1) is 31.3. The van der Waals surface area contributed by atoms with Crippen molar-refractivity contribution in [3.8, 4) is 78.6 Å². The van der Waals surface area contributed by atoms with Crippen molar-refractivity contribution in [3.05, 3.63) is 192 Å². The number of aromatic hydroxyl groups is 1. The largest absolute Gasteiger partial charge is 0.507 e. The van der Waals surface area contributed by atoms with Crippen molar-refractivity contribution < 1.29 is 38.5 Å². The van der Waals surface area contributed by atoms with Crippen LogP contribution in [0.15, 0.2) is 158 Å². The summed E-state index contributed by atoms with van der Waals surface area (Å²) in [5.74, 6) is 0.313. The molecular formula is C53H42N3OPt-. The first-order valence-electron chi connectivity index (χ1n) is 23.1. The summed E-state index contributed by atoms with van der Waals surface area (Å²) in [7, 11) is 0. The van der Waals surface area contributed by atoms with E-state index in [0.29, 0.717) is 61.6 Å². The van der Waals surface area contributed by atoms with E-state index in [0.717, 1.165) is 27.8 Å². The summed E-state index contributed by atoms with van der Waals surface area (Å²) in [5, 5.41) is 11.7. The van der Waals surface area contributed by atoms with Crippen LogP contribution >= 0.6 is 0 Å². The van der Waals surface area contributed by atoms with Crippen LogP contribution in [0.4, 0.5) is 0 Å². The fraction of sp³-hybridized carbons (Fsp3) is 0.0943. The van der Waals surface area contributed by atoms with Crippen molar-refractivity contribution >= 4 is 11.0 Å². The number of pyridine rings is 1. The van der Waals surface area contributed by atoms with Crippen LogP contribution in [-0.4, -0.2) is 19.6 Å². The Labute approximate surface area is 367 Å². The van der Waals surface area contributed by atoms with E-state index in [2.05, 4.69) is 6.07 Å². The third-order valence-electron chi connectivity index (χ3n) is 10.4. The summed E-state index contributed by atoms with van der Waals surface area (Å²) in [6, 6.07) is 49.6. The predicted molar refractivity (Wildman–Crippen MR) is 236 cm³/mol. The molecule has 0 aliphatic carbocycles. The normalized spacial score (nSPS) is 14.1. The van der Waals surface area contributed by atoms with Gasteiger partial charge in [-0.25, -0.2) is 4.98 Å². The van der Waals surface area contributed by atoms with Gasteiger partial charge < -0.3 is 5.11 Å². The Bertz CT molecular complexity index is 3290. The van der Waals surface area contributed by atoms with E-state index in [9.17, 15) is 5.11 Å². The minimum atomic E-state index is -2.82. The zero-order chi connectivity index (χ0) is 46.7. The van der Waals surface area contributed by atoms with Gasteiger partial charge in [-0.05, 0) is 115 Å². The van der Waals surface area contributed by atoms with E-state index in [4.69, 9.17) is 22.3 Å². The summed E-state index contributed by atoms with van der Waals surface area (Å²) in [4.78, 5) is 10.1. The second-order valence-corrected chi connectivity index (χ2v) is 14.3. The summed E-state index contributed by atoms with van der Waals surface area (Å²) in [6.07, 6.45) is 1.71. The van der Waals surface area contributed by atoms with Gasteiger partial charge in [0.15, 0.2) is 0 Å². The van der Waals surface area contributed by atoms with Crippen LogP contribution in [0, 0.1) is 40.5 Å². The van der Waals surface area contributed by atoms with Crippen LogP contribution in [0.25, 0.3) is 83.9 Å². The average molecular weight is 941 g/mol. The molecule has 0 atom stereocenters. The number of imidazole rings is 1. The quantitative estimate of drug-likeness (QED) is 0.162. The smallest absolute Gasteiger partial charge is 0.148 e. The van der Waals surface area contributed by atoms with E-state index in [1.165, 1.54) is 6.07 Å². The molecule has 9 aromatic rings. The Hall–Kier alpha value is -6.35. The number of hydrogen-bond acceptors (Lipinski definition) is 3. The van der Waals surface area contributed by atoms with Gasteiger partial charge in [0.05, 0.1) is 16.6 Å². The molecule has 4 nitrogen and oxygen atoms in total. The van der Waals surface area contributed by atoms with Crippen LogP contribution in [0.2, 0.25) is 0 Å². The van der Waals surface area contributed by atoms with E-state index >= 15 is 0 Å². The molecule has 0 amide bonds. The molecule has 7 aromatic carbocycles. The molecule has 58 heavy (non-hydrogen) atoms. The van der Waals surface area contributed by atoms with Gasteiger partial charge in [-0.2, -0.15) is 0 Å². The van der Waals surface area contributed by atoms with Gasteiger partial charge in [0.2, 0.25) is 0 Å². The van der Waals surface area contributed by atoms with E-state index < -0.39 is 20.6 Å². The maximum Gasteiger partial charge on any atom is 0.148 e. The molecule has 0 aliphatic heterocycles. The van der Waals surface area contributed by atoms with Crippen molar-refractivity contribution in [2.45, 2.75) is 34.4 Å². The van der Waals surface area contributed by atoms with Crippen molar-refractivity contribution in [1.82, 2.24) is 14.5 Å². The van der Waals surface area contributed by atoms with Crippen molar-refractivity contribution in [2.24, 2.45) is 0 Å². The molecule has 0 unspecified atom stereocenters. The number of hydrogen-bond donors (Lipinski definition) is 1. The first kappa shape index (κ1) is 29.0. The third-order valence-corrected chi connectivity index (χ3v) is 10.4. The minimum absolute atomic E-state index is 0. The van der Waals surface area contributed by atoms with Crippen molar-refractivity contribution in [3.63, 3.8) is 0 Å². The summed E-state index contributed by atoms with van der Waals surface area (Å²) in [5.41, 5.74) is 9.94. The Morgan fingerprint density at radius 3 is 2.05 bits per heavy atom. The van der Waals surface area contributed by atoms with Crippen LogP contribution in [0.3, 0.4) is 0 Å². The van der Waals surface area contributed by atoms with E-state index in [1.807, 2.05) is 97.9 Å². The molecule has 0 saturated carbocycles. The molecule has 0 radical (unpaired) electrons. The molecule has 0 saturated heterocycles. The zero-order valence-electron chi connectivity index (χ0n) is 40.6. The van der Waals surface area contributed by atoms with Gasteiger partial charge in [0.25, 0.3) is 0 Å². The number of phenolic OH excluding ortho intramolecular Hbond substituents is 1. The summed E-state index contributed by atoms with van der Waals surface area (Å²) < 4.78 is 77.0. The van der Waals surface area contributed by atoms with Gasteiger partial charge in [-0.15, -0.1) is 23.8 Å². The van der Waals surface area contributed by atoms with Gasteiger partial charge in [0, 0.05) is 51.0 Å². The first-order valence-corrected chi connectivity index (χ1v) is 18.6. The minimum Gasteiger partial charge on any atom is -0.507 e. The molecule has 2 heterocycles. The van der Waals surface area contributed by atoms with Gasteiger partial charge in [-0.3, -0.25) is 9.55 Å². The molecule has 0 bridgehead atoms. The van der Waals surface area contributed by atoms with E-state index in [1.54, 1.807) is 72.3 Å². The molecular weight excluding hydrogens is 890 g/mol. The van der Waals surface area contributed by atoms with Crippen molar-refractivity contribution in [2.75, 3.05) is 0 Å². The molecule has 0 aliphatic rings. The zero-order valence-corrected chi connectivity index (χ0v) is 33.9. The number of phenols is 1. The standard InChI is InChI=1S/C53H42N3O.Pt/c1-33-19-21-39(22-20-33)41-23-24-54-49(31-41)44-29-42(38-13-8-6-9-14-38)28-43(30-44)46-17-12-18-50-51(46)55-53(48-26-34(2)25-36(4)52(48)57)56(50)45-27-35(3)37(5)47(32-45)40-15-10-7-11-16-40;/h6-29,31-32,57H,1-5H3;/q-1;/i1D3,3D3,5D3;. The second-order valence-electron chi connectivity index (χ2n) is 14.3. The van der Waals surface area contributed by atoms with Crippen molar-refractivity contribution in [1.29, 1.82) is 0 Å². The Morgan fingerprint density at radius 1 is 0.569 bits per heavy atom. The van der Waals surface area contributed by atoms with Crippen LogP contribution in [-0.2, 0) is 21.1 Å². The van der Waals surface area contributed by atoms with E-state index in [-0.39, 0.29) is 49.1 Å². The maximum absolute atomic E-state index is 11.7. The Kier molecular flexibility index (Phi) is 7.93. The fourth-order valence-corrected chi connectivity index (χ4v) is 7.56. The van der Waals surface area contributed by atoms with Crippen LogP contribution < -0.4 is 0 Å². The van der Waals surface area contributed by atoms with Gasteiger partial charge >= 0.3 is 0 Å². The average Bonchev–Trinajstić information content (AvgIpc) is 3.69. The Balaban J connectivity index is 0.00000608. The number of rotatable bonds is 7. The SMILES string of the molecule is [2H]C([2H])([2H])c1ccc(-c2ccnc(-c3[c-]c(-c4cccc5c4nc(-c4cc(C)cc(C)c4O)n5-c4cc(-c5ccccc5)c(C([2H])([2H])[2H])c(C([2H])([2H])[2H])c4)cc(-c4ccccc4)c3)c2)cc1.[Pt]. The molecule has 0 spiro atoms. The molecule has 5 heteroatoms. The second kappa shape index (κ2) is 15.9. The van der Waals surface area contributed by atoms with Crippen LogP contribution in [0.1, 0.15) is 40.2 Å². The third kappa shape index (κ3) is 7.21. The fourth-order valence-electron chi connectivity index (χ4n) is 7.56. The summed E-state index contributed by atoms with van der Waals surface area (Å²) in [6.45, 7) is -4.09. The topological polar surface area (TPSA) is 50.9 Å². The summed E-state index contributed by atoms with van der Waals surface area (Å²) >= 11 is 0. The maximum atomic E-state index is 11.7. The molecule has 9 rings (SSSR count). The molecule has 2 aromatic heterocycles. The molecule has 0 fully saturated rings. The molecule has 286 valence electrons. The number of aromatic nitrogens is 3.